The molecule has 1 amide bonds. The first-order chi connectivity index (χ1) is 12.5. The van der Waals surface area contributed by atoms with E-state index in [2.05, 4.69) is 24.3 Å². The van der Waals surface area contributed by atoms with Crippen LogP contribution in [0, 0.1) is 0 Å². The first kappa shape index (κ1) is 16.6. The average molecular weight is 351 g/mol. The van der Waals surface area contributed by atoms with Gasteiger partial charge in [0.05, 0.1) is 0 Å². The second kappa shape index (κ2) is 6.16. The lowest BCUT2D eigenvalue weighted by atomic mass is 9.98. The molecular formula is C21H21NO4. The van der Waals surface area contributed by atoms with Crippen molar-refractivity contribution in [3.63, 3.8) is 0 Å². The van der Waals surface area contributed by atoms with Crippen LogP contribution in [0.3, 0.4) is 0 Å². The Morgan fingerprint density at radius 3 is 2.12 bits per heavy atom. The van der Waals surface area contributed by atoms with Gasteiger partial charge in [0, 0.05) is 11.5 Å². The number of carbonyl (C=O) groups is 2. The minimum atomic E-state index is -1.02. The van der Waals surface area contributed by atoms with Gasteiger partial charge in [0.15, 0.2) is 0 Å². The fourth-order valence-electron chi connectivity index (χ4n) is 3.73. The van der Waals surface area contributed by atoms with Crippen LogP contribution in [0.25, 0.3) is 11.1 Å². The topological polar surface area (TPSA) is 66.8 Å². The Kier molecular flexibility index (Phi) is 3.94. The summed E-state index contributed by atoms with van der Waals surface area (Å²) in [5.41, 5.74) is 4.23. The largest absolute Gasteiger partial charge is 0.480 e. The van der Waals surface area contributed by atoms with E-state index in [4.69, 9.17) is 9.84 Å². The number of hydrogen-bond acceptors (Lipinski definition) is 3. The smallest absolute Gasteiger partial charge is 0.410 e. The molecule has 2 aromatic rings. The van der Waals surface area contributed by atoms with E-state index in [1.54, 1.807) is 0 Å². The van der Waals surface area contributed by atoms with Crippen LogP contribution in [0.2, 0.25) is 0 Å². The molecule has 1 saturated carbocycles. The van der Waals surface area contributed by atoms with Gasteiger partial charge in [-0.15, -0.1) is 0 Å². The number of fused-ring (bicyclic) bond motifs is 3. The lowest BCUT2D eigenvalue weighted by molar-refractivity contribution is -0.138. The Labute approximate surface area is 152 Å². The molecule has 0 aliphatic heterocycles. The van der Waals surface area contributed by atoms with Crippen LogP contribution in [0.4, 0.5) is 4.79 Å². The number of carboxylic acids is 1. The maximum Gasteiger partial charge on any atom is 0.410 e. The fraction of sp³-hybridized carbons (Fsp3) is 0.333. The van der Waals surface area contributed by atoms with Gasteiger partial charge >= 0.3 is 12.1 Å². The summed E-state index contributed by atoms with van der Waals surface area (Å²) in [4.78, 5) is 25.1. The molecule has 2 aliphatic rings. The Hall–Kier alpha value is -2.82. The number of carboxylic acid groups (broad SMARTS) is 1. The van der Waals surface area contributed by atoms with Gasteiger partial charge in [-0.25, -0.2) is 4.79 Å². The molecule has 2 aliphatic carbocycles. The van der Waals surface area contributed by atoms with E-state index >= 15 is 0 Å². The summed E-state index contributed by atoms with van der Waals surface area (Å²) in [6.45, 7) is 1.78. The third-order valence-corrected chi connectivity index (χ3v) is 5.48. The van der Waals surface area contributed by atoms with Crippen molar-refractivity contribution in [2.24, 2.45) is 0 Å². The van der Waals surface area contributed by atoms with E-state index in [1.165, 1.54) is 16.0 Å². The number of rotatable bonds is 5. The maximum absolute atomic E-state index is 12.6. The van der Waals surface area contributed by atoms with E-state index in [-0.39, 0.29) is 24.6 Å². The third kappa shape index (κ3) is 2.83. The van der Waals surface area contributed by atoms with E-state index in [9.17, 15) is 9.59 Å². The monoisotopic (exact) mass is 351 g/mol. The molecule has 5 heteroatoms. The second-order valence-electron chi connectivity index (χ2n) is 7.28. The quantitative estimate of drug-likeness (QED) is 0.888. The molecule has 0 bridgehead atoms. The molecule has 0 aromatic heterocycles. The Morgan fingerprint density at radius 1 is 1.08 bits per heavy atom. The highest BCUT2D eigenvalue weighted by atomic mass is 16.6. The molecule has 2 aromatic carbocycles. The summed E-state index contributed by atoms with van der Waals surface area (Å²) in [6.07, 6.45) is 1.07. The Bertz CT molecular complexity index is 826. The van der Waals surface area contributed by atoms with Gasteiger partial charge in [-0.2, -0.15) is 0 Å². The summed E-state index contributed by atoms with van der Waals surface area (Å²) < 4.78 is 5.59. The number of hydrogen-bond donors (Lipinski definition) is 1. The van der Waals surface area contributed by atoms with Crippen LogP contribution < -0.4 is 0 Å². The van der Waals surface area contributed by atoms with Gasteiger partial charge in [0.2, 0.25) is 0 Å². The van der Waals surface area contributed by atoms with Crippen LogP contribution in [0.1, 0.15) is 36.8 Å². The molecule has 0 radical (unpaired) electrons. The maximum atomic E-state index is 12.6. The predicted octanol–water partition coefficient (Wildman–Crippen LogP) is 3.87. The van der Waals surface area contributed by atoms with Gasteiger partial charge in [-0.1, -0.05) is 48.5 Å². The van der Waals surface area contributed by atoms with Gasteiger partial charge < -0.3 is 9.84 Å². The first-order valence-corrected chi connectivity index (χ1v) is 8.84. The fourth-order valence-corrected chi connectivity index (χ4v) is 3.73. The third-order valence-electron chi connectivity index (χ3n) is 5.48. The SMILES string of the molecule is CC1(N(CC(=O)O)C(=O)OCC2c3ccccc3-c3ccccc32)CC1. The van der Waals surface area contributed by atoms with E-state index in [0.717, 1.165) is 24.0 Å². The normalized spacial score (nSPS) is 16.5. The Balaban J connectivity index is 1.54. The number of carbonyl (C=O) groups excluding carboxylic acids is 1. The highest BCUT2D eigenvalue weighted by molar-refractivity contribution is 5.80. The molecule has 1 fully saturated rings. The van der Waals surface area contributed by atoms with Crippen LogP contribution in [0.5, 0.6) is 0 Å². The molecule has 4 rings (SSSR count). The van der Waals surface area contributed by atoms with Crippen molar-refractivity contribution in [2.45, 2.75) is 31.2 Å². The highest BCUT2D eigenvalue weighted by Crippen LogP contribution is 2.45. The van der Waals surface area contributed by atoms with Crippen LogP contribution >= 0.6 is 0 Å². The molecule has 134 valence electrons. The lowest BCUT2D eigenvalue weighted by Gasteiger charge is -2.27. The minimum Gasteiger partial charge on any atom is -0.480 e. The molecule has 0 atom stereocenters. The zero-order chi connectivity index (χ0) is 18.3. The van der Waals surface area contributed by atoms with Crippen molar-refractivity contribution >= 4 is 12.1 Å². The van der Waals surface area contributed by atoms with Gasteiger partial charge in [0.1, 0.15) is 13.2 Å². The number of amides is 1. The summed E-state index contributed by atoms with van der Waals surface area (Å²) in [5.74, 6) is -1.04. The number of nitrogens with zero attached hydrogens (tertiary/aromatic N) is 1. The summed E-state index contributed by atoms with van der Waals surface area (Å²) >= 11 is 0. The summed E-state index contributed by atoms with van der Waals surface area (Å²) in [6, 6.07) is 16.3. The minimum absolute atomic E-state index is 0.0231. The van der Waals surface area contributed by atoms with E-state index in [0.29, 0.717) is 0 Å². The number of ether oxygens (including phenoxy) is 1. The van der Waals surface area contributed by atoms with Crippen LogP contribution in [-0.2, 0) is 9.53 Å². The average Bonchev–Trinajstić information content (AvgIpc) is 3.30. The van der Waals surface area contributed by atoms with Crippen molar-refractivity contribution in [1.29, 1.82) is 0 Å². The van der Waals surface area contributed by atoms with Gasteiger partial charge in [-0.05, 0) is 42.0 Å². The van der Waals surface area contributed by atoms with Crippen molar-refractivity contribution < 1.29 is 19.4 Å². The summed E-state index contributed by atoms with van der Waals surface area (Å²) in [5, 5.41) is 9.11. The van der Waals surface area contributed by atoms with Crippen molar-refractivity contribution in [3.05, 3.63) is 59.7 Å². The Morgan fingerprint density at radius 2 is 1.62 bits per heavy atom. The van der Waals surface area contributed by atoms with Gasteiger partial charge in [0.25, 0.3) is 0 Å². The van der Waals surface area contributed by atoms with Crippen molar-refractivity contribution in [2.75, 3.05) is 13.2 Å². The molecule has 26 heavy (non-hydrogen) atoms. The van der Waals surface area contributed by atoms with Crippen LogP contribution in [-0.4, -0.2) is 40.8 Å². The highest BCUT2D eigenvalue weighted by Gasteiger charge is 2.47. The molecular weight excluding hydrogens is 330 g/mol. The second-order valence-corrected chi connectivity index (χ2v) is 7.28. The molecule has 0 unspecified atom stereocenters. The van der Waals surface area contributed by atoms with E-state index < -0.39 is 12.1 Å². The molecule has 5 nitrogen and oxygen atoms in total. The molecule has 0 heterocycles. The zero-order valence-electron chi connectivity index (χ0n) is 14.6. The van der Waals surface area contributed by atoms with Crippen LogP contribution in [0.15, 0.2) is 48.5 Å². The number of aliphatic carboxylic acids is 1. The molecule has 0 saturated heterocycles. The molecule has 0 spiro atoms. The number of benzene rings is 2. The first-order valence-electron chi connectivity index (χ1n) is 8.84. The van der Waals surface area contributed by atoms with Gasteiger partial charge in [-0.3, -0.25) is 9.69 Å². The standard InChI is InChI=1S/C21H21NO4/c1-21(10-11-21)22(12-19(23)24)20(25)26-13-18-16-8-4-2-6-14(16)15-7-3-5-9-17(15)18/h2-9,18H,10-13H2,1H3,(H,23,24). The molecule has 1 N–H and O–H groups in total. The van der Waals surface area contributed by atoms with Crippen molar-refractivity contribution in [1.82, 2.24) is 4.90 Å². The lowest BCUT2D eigenvalue weighted by Crippen LogP contribution is -2.44. The van der Waals surface area contributed by atoms with E-state index in [1.807, 2.05) is 31.2 Å². The summed E-state index contributed by atoms with van der Waals surface area (Å²) in [7, 11) is 0. The zero-order valence-corrected chi connectivity index (χ0v) is 14.6. The predicted molar refractivity (Wildman–Crippen MR) is 97.0 cm³/mol. The van der Waals surface area contributed by atoms with Crippen molar-refractivity contribution in [3.8, 4) is 11.1 Å².